The largest absolute Gasteiger partial charge is 0.490 e. The SMILES string of the molecule is Cc1cnc(-c2cc(OC3CCN(C(F)C(F)F)CC3)cc(C(=O)N[C@H](C)c3ccc(C(F)(F)F)nn3)c2)s1. The molecule has 1 unspecified atom stereocenters. The molecule has 1 aromatic carbocycles. The molecule has 1 amide bonds. The van der Waals surface area contributed by atoms with Crippen molar-refractivity contribution in [3.63, 3.8) is 0 Å². The highest BCUT2D eigenvalue weighted by molar-refractivity contribution is 7.14. The van der Waals surface area contributed by atoms with Gasteiger partial charge in [-0.3, -0.25) is 9.69 Å². The van der Waals surface area contributed by atoms with Crippen molar-refractivity contribution in [2.75, 3.05) is 13.1 Å². The maximum absolute atomic E-state index is 13.7. The van der Waals surface area contributed by atoms with Gasteiger partial charge in [0.15, 0.2) is 5.69 Å². The van der Waals surface area contributed by atoms with Crippen molar-refractivity contribution < 1.29 is 35.9 Å². The molecule has 3 heterocycles. The number of hydrogen-bond donors (Lipinski definition) is 1. The number of rotatable bonds is 8. The quantitative estimate of drug-likeness (QED) is 0.270. The van der Waals surface area contributed by atoms with Crippen molar-refractivity contribution in [2.45, 2.75) is 57.7 Å². The number of ether oxygens (including phenoxy) is 1. The van der Waals surface area contributed by atoms with Gasteiger partial charge in [-0.1, -0.05) is 0 Å². The highest BCUT2D eigenvalue weighted by atomic mass is 32.1. The minimum absolute atomic E-state index is 0.0978. The second-order valence-corrected chi connectivity index (χ2v) is 10.4. The predicted molar refractivity (Wildman–Crippen MR) is 131 cm³/mol. The molecular formula is C25H25F6N5O2S. The van der Waals surface area contributed by atoms with E-state index < -0.39 is 36.5 Å². The van der Waals surface area contributed by atoms with Crippen LogP contribution in [0.5, 0.6) is 5.75 Å². The Morgan fingerprint density at radius 3 is 2.41 bits per heavy atom. The number of benzene rings is 1. The molecule has 0 saturated carbocycles. The number of alkyl halides is 6. The third kappa shape index (κ3) is 7.24. The highest BCUT2D eigenvalue weighted by Gasteiger charge is 2.33. The molecule has 0 radical (unpaired) electrons. The molecule has 2 aromatic heterocycles. The molecule has 39 heavy (non-hydrogen) atoms. The van der Waals surface area contributed by atoms with E-state index in [9.17, 15) is 31.1 Å². The fourth-order valence-corrected chi connectivity index (χ4v) is 4.83. The number of nitrogens with zero attached hydrogens (tertiary/aromatic N) is 4. The fraction of sp³-hybridized carbons (Fsp3) is 0.440. The van der Waals surface area contributed by atoms with E-state index >= 15 is 0 Å². The summed E-state index contributed by atoms with van der Waals surface area (Å²) in [7, 11) is 0. The molecule has 210 valence electrons. The lowest BCUT2D eigenvalue weighted by Crippen LogP contribution is -2.45. The third-order valence-electron chi connectivity index (χ3n) is 6.14. The van der Waals surface area contributed by atoms with Crippen molar-refractivity contribution in [1.82, 2.24) is 25.4 Å². The fourth-order valence-electron chi connectivity index (χ4n) is 4.08. The van der Waals surface area contributed by atoms with Gasteiger partial charge in [0.05, 0.1) is 11.7 Å². The van der Waals surface area contributed by atoms with E-state index in [1.165, 1.54) is 17.4 Å². The molecule has 0 aliphatic carbocycles. The first-order valence-corrected chi connectivity index (χ1v) is 12.8. The number of nitrogens with one attached hydrogen (secondary N) is 1. The number of amides is 1. The number of piperidine rings is 1. The van der Waals surface area contributed by atoms with Crippen LogP contribution in [-0.2, 0) is 6.18 Å². The van der Waals surface area contributed by atoms with Crippen LogP contribution in [0, 0.1) is 6.92 Å². The summed E-state index contributed by atoms with van der Waals surface area (Å²) >= 11 is 1.41. The molecule has 2 atom stereocenters. The average molecular weight is 574 g/mol. The summed E-state index contributed by atoms with van der Waals surface area (Å²) in [5.74, 6) is -0.187. The number of halogens is 6. The predicted octanol–water partition coefficient (Wildman–Crippen LogP) is 5.82. The maximum atomic E-state index is 13.7. The first-order valence-electron chi connectivity index (χ1n) is 12.0. The third-order valence-corrected chi connectivity index (χ3v) is 7.10. The smallest absolute Gasteiger partial charge is 0.435 e. The molecule has 4 rings (SSSR count). The standard InChI is InChI=1S/C25H25F6N5O2S/c1-13-12-32-24(39-13)16-9-15(23(37)33-14(2)19-3-4-20(35-34-19)25(29,30)31)10-18(11-16)38-17-5-7-36(8-6-17)22(28)21(26)27/h3-4,9-12,14,17,21-22H,5-8H2,1-2H3,(H,33,37)/t14-,22?/m1/s1. The Hall–Kier alpha value is -3.26. The molecular weight excluding hydrogens is 548 g/mol. The van der Waals surface area contributed by atoms with E-state index in [0.29, 0.717) is 29.2 Å². The van der Waals surface area contributed by atoms with Crippen molar-refractivity contribution in [3.8, 4) is 16.3 Å². The summed E-state index contributed by atoms with van der Waals surface area (Å²) in [6.07, 6.45) is -8.10. The summed E-state index contributed by atoms with van der Waals surface area (Å²) < 4.78 is 83.5. The monoisotopic (exact) mass is 573 g/mol. The number of aromatic nitrogens is 3. The Labute approximate surface area is 224 Å². The van der Waals surface area contributed by atoms with Crippen LogP contribution in [0.1, 0.15) is 52.4 Å². The lowest BCUT2D eigenvalue weighted by Gasteiger charge is -2.33. The van der Waals surface area contributed by atoms with Crippen LogP contribution in [-0.4, -0.2) is 57.9 Å². The van der Waals surface area contributed by atoms with E-state index in [1.54, 1.807) is 25.3 Å². The molecule has 0 spiro atoms. The van der Waals surface area contributed by atoms with Crippen LogP contribution in [0.25, 0.3) is 10.6 Å². The Morgan fingerprint density at radius 2 is 1.85 bits per heavy atom. The Morgan fingerprint density at radius 1 is 1.13 bits per heavy atom. The van der Waals surface area contributed by atoms with Gasteiger partial charge in [0.1, 0.15) is 16.9 Å². The number of thiazole rings is 1. The zero-order valence-corrected chi connectivity index (χ0v) is 21.7. The highest BCUT2D eigenvalue weighted by Crippen LogP contribution is 2.32. The summed E-state index contributed by atoms with van der Waals surface area (Å²) in [4.78, 5) is 19.5. The van der Waals surface area contributed by atoms with Gasteiger partial charge < -0.3 is 10.1 Å². The Bertz CT molecular complexity index is 1280. The van der Waals surface area contributed by atoms with Crippen molar-refractivity contribution in [2.24, 2.45) is 0 Å². The summed E-state index contributed by atoms with van der Waals surface area (Å²) in [6.45, 7) is 3.64. The van der Waals surface area contributed by atoms with Crippen LogP contribution in [0.2, 0.25) is 0 Å². The zero-order valence-electron chi connectivity index (χ0n) is 20.9. The second kappa shape index (κ2) is 11.9. The molecule has 1 aliphatic heterocycles. The minimum atomic E-state index is -4.63. The van der Waals surface area contributed by atoms with Gasteiger partial charge in [0.25, 0.3) is 12.3 Å². The van der Waals surface area contributed by atoms with Gasteiger partial charge in [-0.15, -0.1) is 16.4 Å². The van der Waals surface area contributed by atoms with Crippen LogP contribution in [0.3, 0.4) is 0 Å². The molecule has 1 fully saturated rings. The normalized spacial score (nSPS) is 16.7. The van der Waals surface area contributed by atoms with Crippen LogP contribution < -0.4 is 10.1 Å². The van der Waals surface area contributed by atoms with E-state index in [0.717, 1.165) is 21.9 Å². The zero-order chi connectivity index (χ0) is 28.3. The van der Waals surface area contributed by atoms with Gasteiger partial charge in [0, 0.05) is 35.3 Å². The molecule has 3 aromatic rings. The van der Waals surface area contributed by atoms with Gasteiger partial charge >= 0.3 is 6.18 Å². The van der Waals surface area contributed by atoms with Gasteiger partial charge in [-0.2, -0.15) is 18.3 Å². The average Bonchev–Trinajstić information content (AvgIpc) is 3.34. The number of carbonyl (C=O) groups is 1. The summed E-state index contributed by atoms with van der Waals surface area (Å²) in [5, 5.41) is 10.1. The number of aryl methyl sites for hydroxylation is 1. The number of likely N-dealkylation sites (tertiary alicyclic amines) is 1. The van der Waals surface area contributed by atoms with Gasteiger partial charge in [-0.05, 0) is 57.0 Å². The molecule has 14 heteroatoms. The minimum Gasteiger partial charge on any atom is -0.490 e. The summed E-state index contributed by atoms with van der Waals surface area (Å²) in [6, 6.07) is 6.02. The van der Waals surface area contributed by atoms with Crippen LogP contribution >= 0.6 is 11.3 Å². The number of carbonyl (C=O) groups excluding carboxylic acids is 1. The summed E-state index contributed by atoms with van der Waals surface area (Å²) in [5.41, 5.74) is -0.181. The maximum Gasteiger partial charge on any atom is 0.435 e. The Balaban J connectivity index is 1.51. The first-order chi connectivity index (χ1) is 18.4. The molecule has 1 saturated heterocycles. The molecule has 7 nitrogen and oxygen atoms in total. The second-order valence-electron chi connectivity index (χ2n) is 9.12. The van der Waals surface area contributed by atoms with E-state index in [1.807, 2.05) is 6.92 Å². The van der Waals surface area contributed by atoms with E-state index in [-0.39, 0.29) is 30.5 Å². The van der Waals surface area contributed by atoms with Crippen molar-refractivity contribution in [3.05, 3.63) is 58.4 Å². The Kier molecular flexibility index (Phi) is 8.74. The molecule has 0 bridgehead atoms. The molecule has 1 aliphatic rings. The lowest BCUT2D eigenvalue weighted by molar-refractivity contribution is -0.141. The van der Waals surface area contributed by atoms with Gasteiger partial charge in [0.2, 0.25) is 6.30 Å². The van der Waals surface area contributed by atoms with Crippen LogP contribution in [0.15, 0.2) is 36.5 Å². The van der Waals surface area contributed by atoms with Crippen LogP contribution in [0.4, 0.5) is 26.3 Å². The molecule has 1 N–H and O–H groups in total. The van der Waals surface area contributed by atoms with Crippen molar-refractivity contribution >= 4 is 17.2 Å². The van der Waals surface area contributed by atoms with E-state index in [4.69, 9.17) is 4.74 Å². The van der Waals surface area contributed by atoms with E-state index in [2.05, 4.69) is 20.5 Å². The number of hydrogen-bond acceptors (Lipinski definition) is 7. The first kappa shape index (κ1) is 28.7. The van der Waals surface area contributed by atoms with Crippen molar-refractivity contribution in [1.29, 1.82) is 0 Å². The topological polar surface area (TPSA) is 80.2 Å². The lowest BCUT2D eigenvalue weighted by atomic mass is 10.1. The van der Waals surface area contributed by atoms with Gasteiger partial charge in [-0.25, -0.2) is 18.2 Å².